The molecule has 0 heterocycles. The first-order chi connectivity index (χ1) is 15.3. The zero-order valence-electron chi connectivity index (χ0n) is 18.5. The van der Waals surface area contributed by atoms with Gasteiger partial charge in [-0.25, -0.2) is 0 Å². The standard InChI is InChI=1S/C25H26ClIN2O3/c1-15-5-7-19(9-17(15)3)28-13-18-10-22(27)25(23(11-18)31-4)32-14-24(30)29-20-8-6-16(2)21(26)12-20/h5-12,28H,13-14H2,1-4H3,(H,29,30). The van der Waals surface area contributed by atoms with Crippen LogP contribution in [0.4, 0.5) is 11.4 Å². The highest BCUT2D eigenvalue weighted by atomic mass is 127. The summed E-state index contributed by atoms with van der Waals surface area (Å²) >= 11 is 8.31. The Kier molecular flexibility index (Phi) is 8.26. The monoisotopic (exact) mass is 564 g/mol. The van der Waals surface area contributed by atoms with Crippen LogP contribution in [0.25, 0.3) is 0 Å². The van der Waals surface area contributed by atoms with Crippen LogP contribution in [0.1, 0.15) is 22.3 Å². The van der Waals surface area contributed by atoms with E-state index in [4.69, 9.17) is 21.1 Å². The SMILES string of the molecule is COc1cc(CNc2ccc(C)c(C)c2)cc(I)c1OCC(=O)Nc1ccc(C)c(Cl)c1. The number of amides is 1. The lowest BCUT2D eigenvalue weighted by Gasteiger charge is -2.15. The highest BCUT2D eigenvalue weighted by Crippen LogP contribution is 2.34. The van der Waals surface area contributed by atoms with Gasteiger partial charge in [0, 0.05) is 22.9 Å². The predicted molar refractivity (Wildman–Crippen MR) is 139 cm³/mol. The summed E-state index contributed by atoms with van der Waals surface area (Å²) in [6.07, 6.45) is 0. The number of anilines is 2. The quantitative estimate of drug-likeness (QED) is 0.306. The molecule has 168 valence electrons. The number of methoxy groups -OCH3 is 1. The predicted octanol–water partition coefficient (Wildman–Crippen LogP) is 6.51. The molecule has 0 saturated carbocycles. The Bertz CT molecular complexity index is 1130. The Labute approximate surface area is 207 Å². The maximum Gasteiger partial charge on any atom is 0.262 e. The van der Waals surface area contributed by atoms with E-state index in [1.165, 1.54) is 11.1 Å². The molecule has 0 unspecified atom stereocenters. The van der Waals surface area contributed by atoms with Gasteiger partial charge < -0.3 is 20.1 Å². The number of halogens is 2. The molecule has 0 saturated heterocycles. The van der Waals surface area contributed by atoms with Crippen molar-refractivity contribution < 1.29 is 14.3 Å². The van der Waals surface area contributed by atoms with Crippen molar-refractivity contribution >= 4 is 51.5 Å². The summed E-state index contributed by atoms with van der Waals surface area (Å²) in [5.74, 6) is 0.850. The van der Waals surface area contributed by atoms with Crippen LogP contribution in [-0.4, -0.2) is 19.6 Å². The van der Waals surface area contributed by atoms with Crippen LogP contribution in [0.15, 0.2) is 48.5 Å². The zero-order chi connectivity index (χ0) is 23.3. The highest BCUT2D eigenvalue weighted by Gasteiger charge is 2.14. The van der Waals surface area contributed by atoms with E-state index in [0.29, 0.717) is 28.8 Å². The Hall–Kier alpha value is -2.45. The molecule has 0 fully saturated rings. The Morgan fingerprint density at radius 2 is 1.69 bits per heavy atom. The van der Waals surface area contributed by atoms with Crippen molar-refractivity contribution in [3.05, 3.63) is 79.4 Å². The van der Waals surface area contributed by atoms with Gasteiger partial charge in [0.25, 0.3) is 5.91 Å². The van der Waals surface area contributed by atoms with Crippen LogP contribution in [0.2, 0.25) is 5.02 Å². The molecule has 3 rings (SSSR count). The number of carbonyl (C=O) groups excluding carboxylic acids is 1. The van der Waals surface area contributed by atoms with Crippen LogP contribution >= 0.6 is 34.2 Å². The molecule has 5 nitrogen and oxygen atoms in total. The maximum absolute atomic E-state index is 12.3. The van der Waals surface area contributed by atoms with Gasteiger partial charge in [-0.3, -0.25) is 4.79 Å². The fourth-order valence-corrected chi connectivity index (χ4v) is 4.08. The first kappa shape index (κ1) is 24.2. The Morgan fingerprint density at radius 3 is 2.38 bits per heavy atom. The molecule has 0 atom stereocenters. The lowest BCUT2D eigenvalue weighted by Crippen LogP contribution is -2.20. The number of ether oxygens (including phenoxy) is 2. The van der Waals surface area contributed by atoms with Gasteiger partial charge in [-0.1, -0.05) is 23.7 Å². The number of aryl methyl sites for hydroxylation is 3. The van der Waals surface area contributed by atoms with Crippen LogP contribution in [-0.2, 0) is 11.3 Å². The Balaban J connectivity index is 1.64. The van der Waals surface area contributed by atoms with Gasteiger partial charge in [-0.15, -0.1) is 0 Å². The van der Waals surface area contributed by atoms with Crippen molar-refractivity contribution in [2.45, 2.75) is 27.3 Å². The topological polar surface area (TPSA) is 59.6 Å². The molecule has 2 N–H and O–H groups in total. The summed E-state index contributed by atoms with van der Waals surface area (Å²) in [4.78, 5) is 12.3. The van der Waals surface area contributed by atoms with Crippen molar-refractivity contribution in [2.24, 2.45) is 0 Å². The van der Waals surface area contributed by atoms with E-state index in [0.717, 1.165) is 20.4 Å². The van der Waals surface area contributed by atoms with Gasteiger partial charge in [0.05, 0.1) is 10.7 Å². The van der Waals surface area contributed by atoms with Gasteiger partial charge in [0.2, 0.25) is 0 Å². The molecule has 3 aromatic carbocycles. The Morgan fingerprint density at radius 1 is 0.969 bits per heavy atom. The van der Waals surface area contributed by atoms with Crippen LogP contribution in [0.3, 0.4) is 0 Å². The van der Waals surface area contributed by atoms with Crippen molar-refractivity contribution in [1.29, 1.82) is 0 Å². The smallest absolute Gasteiger partial charge is 0.262 e. The summed E-state index contributed by atoms with van der Waals surface area (Å²) in [5.41, 5.74) is 6.21. The van der Waals surface area contributed by atoms with E-state index in [1.54, 1.807) is 19.2 Å². The average Bonchev–Trinajstić information content (AvgIpc) is 2.76. The van der Waals surface area contributed by atoms with E-state index in [2.05, 4.69) is 65.3 Å². The van der Waals surface area contributed by atoms with Crippen molar-refractivity contribution in [3.63, 3.8) is 0 Å². The summed E-state index contributed by atoms with van der Waals surface area (Å²) in [6, 6.07) is 15.6. The fourth-order valence-electron chi connectivity index (χ4n) is 3.08. The third-order valence-electron chi connectivity index (χ3n) is 5.10. The zero-order valence-corrected chi connectivity index (χ0v) is 21.4. The normalized spacial score (nSPS) is 10.6. The summed E-state index contributed by atoms with van der Waals surface area (Å²) in [6.45, 7) is 6.61. The van der Waals surface area contributed by atoms with Gasteiger partial charge in [0.1, 0.15) is 0 Å². The minimum atomic E-state index is -0.275. The fraction of sp³-hybridized carbons (Fsp3) is 0.240. The molecule has 0 aliphatic carbocycles. The molecule has 0 spiro atoms. The van der Waals surface area contributed by atoms with E-state index < -0.39 is 0 Å². The molecule has 7 heteroatoms. The molecule has 1 amide bonds. The van der Waals surface area contributed by atoms with Crippen LogP contribution in [0, 0.1) is 24.3 Å². The minimum Gasteiger partial charge on any atom is -0.493 e. The number of nitrogens with one attached hydrogen (secondary N) is 2. The molecule has 0 bridgehead atoms. The summed E-state index contributed by atoms with van der Waals surface area (Å²) < 4.78 is 12.2. The molecule has 0 aliphatic rings. The summed E-state index contributed by atoms with van der Waals surface area (Å²) in [5, 5.41) is 6.83. The average molecular weight is 565 g/mol. The van der Waals surface area contributed by atoms with Crippen molar-refractivity contribution in [3.8, 4) is 11.5 Å². The van der Waals surface area contributed by atoms with Gasteiger partial charge in [-0.05, 0) is 102 Å². The third-order valence-corrected chi connectivity index (χ3v) is 6.30. The molecule has 32 heavy (non-hydrogen) atoms. The number of carbonyl (C=O) groups is 1. The van der Waals surface area contributed by atoms with Gasteiger partial charge in [-0.2, -0.15) is 0 Å². The summed E-state index contributed by atoms with van der Waals surface area (Å²) in [7, 11) is 1.59. The van der Waals surface area contributed by atoms with Crippen LogP contribution < -0.4 is 20.1 Å². The molecular weight excluding hydrogens is 539 g/mol. The van der Waals surface area contributed by atoms with Crippen molar-refractivity contribution in [2.75, 3.05) is 24.4 Å². The van der Waals surface area contributed by atoms with Gasteiger partial charge in [0.15, 0.2) is 18.1 Å². The second-order valence-corrected chi connectivity index (χ2v) is 9.13. The lowest BCUT2D eigenvalue weighted by molar-refractivity contribution is -0.118. The number of rotatable bonds is 8. The second kappa shape index (κ2) is 10.9. The lowest BCUT2D eigenvalue weighted by atomic mass is 10.1. The number of benzene rings is 3. The molecule has 0 aromatic heterocycles. The minimum absolute atomic E-state index is 0.141. The van der Waals surface area contributed by atoms with Crippen LogP contribution in [0.5, 0.6) is 11.5 Å². The second-order valence-electron chi connectivity index (χ2n) is 7.56. The van der Waals surface area contributed by atoms with E-state index in [9.17, 15) is 4.79 Å². The number of hydrogen-bond donors (Lipinski definition) is 2. The largest absolute Gasteiger partial charge is 0.493 e. The first-order valence-corrected chi connectivity index (χ1v) is 11.6. The van der Waals surface area contributed by atoms with E-state index >= 15 is 0 Å². The maximum atomic E-state index is 12.3. The van der Waals surface area contributed by atoms with Crippen molar-refractivity contribution in [1.82, 2.24) is 0 Å². The van der Waals surface area contributed by atoms with E-state index in [-0.39, 0.29) is 12.5 Å². The molecule has 3 aromatic rings. The molecule has 0 radical (unpaired) electrons. The number of hydrogen-bond acceptors (Lipinski definition) is 4. The molecular formula is C25H26ClIN2O3. The van der Waals surface area contributed by atoms with E-state index in [1.807, 2.05) is 25.1 Å². The first-order valence-electron chi connectivity index (χ1n) is 10.1. The third kappa shape index (κ3) is 6.29. The highest BCUT2D eigenvalue weighted by molar-refractivity contribution is 14.1. The van der Waals surface area contributed by atoms with Gasteiger partial charge >= 0.3 is 0 Å². The molecule has 0 aliphatic heterocycles.